The summed E-state index contributed by atoms with van der Waals surface area (Å²) in [4.78, 5) is 11.4. The minimum atomic E-state index is 0.252. The second-order valence-electron chi connectivity index (χ2n) is 4.73. The topological polar surface area (TPSA) is 38.3 Å². The van der Waals surface area contributed by atoms with Crippen LogP contribution in [0.3, 0.4) is 0 Å². The zero-order chi connectivity index (χ0) is 11.1. The Hall–Kier alpha value is -0.410. The fourth-order valence-corrected chi connectivity index (χ4v) is 1.69. The summed E-state index contributed by atoms with van der Waals surface area (Å²) >= 11 is 0. The Balaban J connectivity index is 2.05. The van der Waals surface area contributed by atoms with Crippen molar-refractivity contribution < 1.29 is 9.53 Å². The van der Waals surface area contributed by atoms with E-state index in [1.807, 2.05) is 0 Å². The second kappa shape index (κ2) is 6.96. The molecule has 0 aliphatic carbocycles. The first-order valence-corrected chi connectivity index (χ1v) is 6.02. The van der Waals surface area contributed by atoms with Gasteiger partial charge in [0.25, 0.3) is 0 Å². The molecule has 0 aromatic rings. The minimum absolute atomic E-state index is 0.252. The molecule has 1 N–H and O–H groups in total. The Kier molecular flexibility index (Phi) is 5.88. The molecule has 88 valence electrons. The molecule has 0 amide bonds. The van der Waals surface area contributed by atoms with Crippen molar-refractivity contribution >= 4 is 5.78 Å². The van der Waals surface area contributed by atoms with E-state index >= 15 is 0 Å². The summed E-state index contributed by atoms with van der Waals surface area (Å²) < 4.78 is 5.59. The molecular weight excluding hydrogens is 190 g/mol. The smallest absolute Gasteiger partial charge is 0.158 e. The maximum Gasteiger partial charge on any atom is 0.158 e. The van der Waals surface area contributed by atoms with Gasteiger partial charge < -0.3 is 10.1 Å². The van der Waals surface area contributed by atoms with Crippen LogP contribution in [0.15, 0.2) is 0 Å². The molecule has 15 heavy (non-hydrogen) atoms. The minimum Gasteiger partial charge on any atom is -0.370 e. The third-order valence-corrected chi connectivity index (χ3v) is 2.77. The third kappa shape index (κ3) is 5.90. The average molecular weight is 213 g/mol. The van der Waals surface area contributed by atoms with Crippen LogP contribution in [0.4, 0.5) is 0 Å². The molecule has 0 bridgehead atoms. The van der Waals surface area contributed by atoms with E-state index in [2.05, 4.69) is 19.2 Å². The number of carbonyl (C=O) groups excluding carboxylic acids is 1. The molecule has 0 atom stereocenters. The van der Waals surface area contributed by atoms with E-state index in [-0.39, 0.29) is 5.78 Å². The van der Waals surface area contributed by atoms with Gasteiger partial charge in [-0.1, -0.05) is 13.8 Å². The van der Waals surface area contributed by atoms with Crippen molar-refractivity contribution in [3.05, 3.63) is 0 Å². The van der Waals surface area contributed by atoms with Gasteiger partial charge in [0, 0.05) is 6.42 Å². The molecule has 0 aromatic heterocycles. The van der Waals surface area contributed by atoms with E-state index in [1.165, 1.54) is 0 Å². The molecule has 1 heterocycles. The molecule has 1 saturated heterocycles. The van der Waals surface area contributed by atoms with E-state index in [0.29, 0.717) is 25.0 Å². The van der Waals surface area contributed by atoms with Crippen LogP contribution in [0.5, 0.6) is 0 Å². The van der Waals surface area contributed by atoms with Crippen LogP contribution in [0.2, 0.25) is 0 Å². The summed E-state index contributed by atoms with van der Waals surface area (Å²) in [5.41, 5.74) is 0. The lowest BCUT2D eigenvalue weighted by atomic mass is 10.1. The predicted octanol–water partition coefficient (Wildman–Crippen LogP) is 1.76. The average Bonchev–Trinajstić information content (AvgIpc) is 2.25. The van der Waals surface area contributed by atoms with Gasteiger partial charge in [-0.15, -0.1) is 0 Å². The van der Waals surface area contributed by atoms with Crippen molar-refractivity contribution in [3.8, 4) is 0 Å². The van der Waals surface area contributed by atoms with Gasteiger partial charge in [0.2, 0.25) is 0 Å². The first kappa shape index (κ1) is 12.7. The Morgan fingerprint density at radius 3 is 2.67 bits per heavy atom. The Morgan fingerprint density at radius 1 is 1.40 bits per heavy atom. The first-order valence-electron chi connectivity index (χ1n) is 6.02. The quantitative estimate of drug-likeness (QED) is 0.730. The van der Waals surface area contributed by atoms with Crippen molar-refractivity contribution in [2.75, 3.05) is 19.7 Å². The number of Topliss-reactive ketones (excluding diaryl/α,β-unsaturated/α-hetero) is 1. The number of rotatable bonds is 6. The number of hydrogen-bond donors (Lipinski definition) is 1. The predicted molar refractivity (Wildman–Crippen MR) is 60.9 cm³/mol. The fourth-order valence-electron chi connectivity index (χ4n) is 1.69. The van der Waals surface area contributed by atoms with Crippen LogP contribution < -0.4 is 5.32 Å². The summed E-state index contributed by atoms with van der Waals surface area (Å²) in [7, 11) is 0. The molecule has 0 spiro atoms. The molecular formula is C12H23NO2. The van der Waals surface area contributed by atoms with Crippen LogP contribution in [0, 0.1) is 5.92 Å². The van der Waals surface area contributed by atoms with Gasteiger partial charge in [0.15, 0.2) is 5.78 Å². The van der Waals surface area contributed by atoms with E-state index in [1.54, 1.807) is 0 Å². The highest BCUT2D eigenvalue weighted by Gasteiger charge is 2.14. The highest BCUT2D eigenvalue weighted by Crippen LogP contribution is 2.09. The number of ketones is 1. The number of carbonyl (C=O) groups is 1. The zero-order valence-electron chi connectivity index (χ0n) is 9.92. The molecule has 0 unspecified atom stereocenters. The Morgan fingerprint density at radius 2 is 2.07 bits per heavy atom. The van der Waals surface area contributed by atoms with Crippen LogP contribution in [-0.4, -0.2) is 31.6 Å². The molecule has 3 nitrogen and oxygen atoms in total. The first-order chi connectivity index (χ1) is 7.18. The molecule has 0 saturated carbocycles. The number of nitrogens with one attached hydrogen (secondary N) is 1. The fraction of sp³-hybridized carbons (Fsp3) is 0.917. The normalized spacial score (nSPS) is 18.3. The lowest BCUT2D eigenvalue weighted by Crippen LogP contribution is -2.33. The third-order valence-electron chi connectivity index (χ3n) is 2.77. The summed E-state index contributed by atoms with van der Waals surface area (Å²) in [6.07, 6.45) is 4.03. The van der Waals surface area contributed by atoms with Crippen LogP contribution in [0.25, 0.3) is 0 Å². The second-order valence-corrected chi connectivity index (χ2v) is 4.73. The lowest BCUT2D eigenvalue weighted by Gasteiger charge is -2.22. The van der Waals surface area contributed by atoms with E-state index < -0.39 is 0 Å². The van der Waals surface area contributed by atoms with Crippen molar-refractivity contribution in [1.82, 2.24) is 5.32 Å². The standard InChI is InChI=1S/C12H23NO2/c1-10(2)3-4-11(14)9-15-12-5-7-13-8-6-12/h10,12-13H,3-9H2,1-2H3. The number of piperidine rings is 1. The molecule has 1 fully saturated rings. The van der Waals surface area contributed by atoms with E-state index in [4.69, 9.17) is 4.74 Å². The molecule has 0 radical (unpaired) electrons. The van der Waals surface area contributed by atoms with E-state index in [9.17, 15) is 4.79 Å². The molecule has 3 heteroatoms. The number of ether oxygens (including phenoxy) is 1. The monoisotopic (exact) mass is 213 g/mol. The van der Waals surface area contributed by atoms with Gasteiger partial charge in [0.05, 0.1) is 6.10 Å². The SMILES string of the molecule is CC(C)CCC(=O)COC1CCNCC1. The van der Waals surface area contributed by atoms with Gasteiger partial charge in [-0.3, -0.25) is 4.79 Å². The zero-order valence-corrected chi connectivity index (χ0v) is 9.92. The van der Waals surface area contributed by atoms with Crippen molar-refractivity contribution in [1.29, 1.82) is 0 Å². The van der Waals surface area contributed by atoms with Crippen molar-refractivity contribution in [2.45, 2.75) is 45.6 Å². The maximum atomic E-state index is 11.4. The van der Waals surface area contributed by atoms with Crippen LogP contribution >= 0.6 is 0 Å². The van der Waals surface area contributed by atoms with E-state index in [0.717, 1.165) is 32.4 Å². The van der Waals surface area contributed by atoms with Gasteiger partial charge in [-0.05, 0) is 38.3 Å². The molecule has 0 aromatic carbocycles. The highest BCUT2D eigenvalue weighted by atomic mass is 16.5. The summed E-state index contributed by atoms with van der Waals surface area (Å²) in [5, 5.41) is 3.28. The van der Waals surface area contributed by atoms with Crippen molar-refractivity contribution in [2.24, 2.45) is 5.92 Å². The Bertz CT molecular complexity index is 186. The molecule has 1 aliphatic rings. The number of hydrogen-bond acceptors (Lipinski definition) is 3. The summed E-state index contributed by atoms with van der Waals surface area (Å²) in [5.74, 6) is 0.857. The summed E-state index contributed by atoms with van der Waals surface area (Å²) in [6.45, 7) is 6.63. The molecule has 1 rings (SSSR count). The lowest BCUT2D eigenvalue weighted by molar-refractivity contribution is -0.126. The van der Waals surface area contributed by atoms with Gasteiger partial charge in [-0.25, -0.2) is 0 Å². The van der Waals surface area contributed by atoms with Crippen LogP contribution in [0.1, 0.15) is 39.5 Å². The highest BCUT2D eigenvalue weighted by molar-refractivity contribution is 5.79. The van der Waals surface area contributed by atoms with Crippen molar-refractivity contribution in [3.63, 3.8) is 0 Å². The molecule has 1 aliphatic heterocycles. The maximum absolute atomic E-state index is 11.4. The summed E-state index contributed by atoms with van der Waals surface area (Å²) in [6, 6.07) is 0. The van der Waals surface area contributed by atoms with Gasteiger partial charge in [0.1, 0.15) is 6.61 Å². The largest absolute Gasteiger partial charge is 0.370 e. The Labute approximate surface area is 92.6 Å². The van der Waals surface area contributed by atoms with Gasteiger partial charge >= 0.3 is 0 Å². The van der Waals surface area contributed by atoms with Crippen LogP contribution in [-0.2, 0) is 9.53 Å². The van der Waals surface area contributed by atoms with Gasteiger partial charge in [-0.2, -0.15) is 0 Å².